The van der Waals surface area contributed by atoms with E-state index in [1.165, 1.54) is 0 Å². The highest BCUT2D eigenvalue weighted by Crippen LogP contribution is 2.61. The molecule has 3 amide bonds. The van der Waals surface area contributed by atoms with Gasteiger partial charge in [0.15, 0.2) is 0 Å². The average Bonchev–Trinajstić information content (AvgIpc) is 3.67. The molecule has 3 unspecified atom stereocenters. The van der Waals surface area contributed by atoms with Gasteiger partial charge in [0, 0.05) is 29.1 Å². The third-order valence-electron chi connectivity index (χ3n) is 10.5. The number of halogens is 1. The Morgan fingerprint density at radius 1 is 1.06 bits per heavy atom. The monoisotopic (exact) mass is 763 g/mol. The molecule has 3 aliphatic rings. The highest BCUT2D eigenvalue weighted by molar-refractivity contribution is 9.09. The minimum absolute atomic E-state index is 0.105. The first-order valence-corrected chi connectivity index (χ1v) is 18.9. The van der Waals surface area contributed by atoms with Crippen molar-refractivity contribution < 1.29 is 29.0 Å². The highest BCUT2D eigenvalue weighted by atomic mass is 79.9. The van der Waals surface area contributed by atoms with E-state index in [4.69, 9.17) is 9.47 Å². The molecule has 51 heavy (non-hydrogen) atoms. The Kier molecular flexibility index (Phi) is 11.6. The minimum atomic E-state index is -1.30. The third-order valence-corrected chi connectivity index (χ3v) is 11.3. The lowest BCUT2D eigenvalue weighted by Gasteiger charge is -2.46. The number of hydrogen-bond acceptors (Lipinski definition) is 6. The van der Waals surface area contributed by atoms with E-state index < -0.39 is 41.2 Å². The maximum atomic E-state index is 15.3. The van der Waals surface area contributed by atoms with Gasteiger partial charge in [-0.15, -0.1) is 13.2 Å². The van der Waals surface area contributed by atoms with Gasteiger partial charge in [0.2, 0.25) is 17.7 Å². The van der Waals surface area contributed by atoms with Crippen LogP contribution in [0.3, 0.4) is 0 Å². The molecule has 3 saturated heterocycles. The van der Waals surface area contributed by atoms with E-state index in [0.29, 0.717) is 37.3 Å². The molecule has 0 radical (unpaired) electrons. The first-order chi connectivity index (χ1) is 24.1. The molecule has 0 aliphatic carbocycles. The SMILES string of the molecule is C=CCN(C(=O)[C@H]1[C@H]2C(=O)N([C@@H](CO)Cc3ccccc3)C(C(=O)N(CC=C)C(C)(C)CC(C)(C)C)C23CC(Br)[C@@H]1O3)c1ccc(OCC)cc1. The number of aliphatic hydroxyl groups is 1. The lowest BCUT2D eigenvalue weighted by molar-refractivity contribution is -0.155. The van der Waals surface area contributed by atoms with Gasteiger partial charge in [0.1, 0.15) is 17.4 Å². The summed E-state index contributed by atoms with van der Waals surface area (Å²) in [5, 5.41) is 11.0. The van der Waals surface area contributed by atoms with Crippen LogP contribution in [-0.2, 0) is 25.5 Å². The molecule has 3 aliphatic heterocycles. The summed E-state index contributed by atoms with van der Waals surface area (Å²) in [6.07, 6.45) is 4.11. The van der Waals surface area contributed by atoms with Crippen molar-refractivity contribution in [3.8, 4) is 5.75 Å². The second kappa shape index (κ2) is 15.2. The fourth-order valence-corrected chi connectivity index (χ4v) is 9.93. The maximum absolute atomic E-state index is 15.3. The zero-order valence-corrected chi connectivity index (χ0v) is 32.5. The fourth-order valence-electron chi connectivity index (χ4n) is 8.99. The number of nitrogens with zero attached hydrogens (tertiary/aromatic N) is 3. The van der Waals surface area contributed by atoms with Gasteiger partial charge >= 0.3 is 0 Å². The Balaban J connectivity index is 1.62. The predicted octanol–water partition coefficient (Wildman–Crippen LogP) is 6.19. The molecule has 1 N–H and O–H groups in total. The van der Waals surface area contributed by atoms with Crippen LogP contribution in [0.4, 0.5) is 5.69 Å². The van der Waals surface area contributed by atoms with Crippen molar-refractivity contribution in [2.24, 2.45) is 17.3 Å². The molecule has 9 nitrogen and oxygen atoms in total. The molecule has 2 aromatic rings. The summed E-state index contributed by atoms with van der Waals surface area (Å²) in [5.41, 5.74) is -0.459. The molecule has 5 rings (SSSR count). The van der Waals surface area contributed by atoms with Crippen molar-refractivity contribution in [2.75, 3.05) is 31.2 Å². The summed E-state index contributed by atoms with van der Waals surface area (Å²) < 4.78 is 12.5. The van der Waals surface area contributed by atoms with Crippen LogP contribution in [0.25, 0.3) is 0 Å². The van der Waals surface area contributed by atoms with Crippen LogP contribution < -0.4 is 9.64 Å². The van der Waals surface area contributed by atoms with Crippen LogP contribution in [0.5, 0.6) is 5.75 Å². The third kappa shape index (κ3) is 7.42. The van der Waals surface area contributed by atoms with E-state index in [1.807, 2.05) is 80.3 Å². The molecule has 3 fully saturated rings. The molecular formula is C41H54BrN3O6. The Morgan fingerprint density at radius 3 is 2.27 bits per heavy atom. The van der Waals surface area contributed by atoms with Crippen molar-refractivity contribution in [1.82, 2.24) is 9.80 Å². The van der Waals surface area contributed by atoms with Crippen molar-refractivity contribution in [2.45, 2.75) is 95.0 Å². The van der Waals surface area contributed by atoms with Crippen LogP contribution >= 0.6 is 15.9 Å². The molecule has 0 saturated carbocycles. The van der Waals surface area contributed by atoms with Crippen molar-refractivity contribution in [1.29, 1.82) is 0 Å². The number of benzene rings is 2. The summed E-state index contributed by atoms with van der Waals surface area (Å²) in [4.78, 5) is 50.0. The quantitative estimate of drug-likeness (QED) is 0.172. The number of anilines is 1. The molecule has 7 atom stereocenters. The summed E-state index contributed by atoms with van der Waals surface area (Å²) in [5.74, 6) is -2.02. The highest BCUT2D eigenvalue weighted by Gasteiger charge is 2.77. The van der Waals surface area contributed by atoms with Gasteiger partial charge in [-0.1, -0.05) is 79.2 Å². The zero-order chi connectivity index (χ0) is 37.3. The number of likely N-dealkylation sites (tertiary alicyclic amines) is 1. The molecule has 2 aromatic carbocycles. The van der Waals surface area contributed by atoms with Gasteiger partial charge in [0.05, 0.1) is 37.2 Å². The van der Waals surface area contributed by atoms with Crippen LogP contribution in [0.2, 0.25) is 0 Å². The smallest absolute Gasteiger partial charge is 0.249 e. The second-order valence-electron chi connectivity index (χ2n) is 15.9. The van der Waals surface area contributed by atoms with Crippen LogP contribution in [-0.4, -0.2) is 93.1 Å². The number of carbonyl (C=O) groups is 3. The summed E-state index contributed by atoms with van der Waals surface area (Å²) in [6.45, 7) is 20.9. The first-order valence-electron chi connectivity index (χ1n) is 18.0. The van der Waals surface area contributed by atoms with Crippen molar-refractivity contribution in [3.63, 3.8) is 0 Å². The Bertz CT molecular complexity index is 1590. The molecule has 2 bridgehead atoms. The molecular weight excluding hydrogens is 710 g/mol. The number of ether oxygens (including phenoxy) is 2. The molecule has 0 aromatic heterocycles. The Morgan fingerprint density at radius 2 is 1.71 bits per heavy atom. The molecule has 3 heterocycles. The summed E-state index contributed by atoms with van der Waals surface area (Å²) >= 11 is 3.83. The van der Waals surface area contributed by atoms with Gasteiger partial charge in [-0.25, -0.2) is 0 Å². The van der Waals surface area contributed by atoms with E-state index in [-0.39, 0.29) is 47.7 Å². The number of fused-ring (bicyclic) bond motifs is 1. The van der Waals surface area contributed by atoms with E-state index in [2.05, 4.69) is 49.9 Å². The maximum Gasteiger partial charge on any atom is 0.249 e. The van der Waals surface area contributed by atoms with Gasteiger partial charge in [-0.05, 0) is 75.3 Å². The number of alkyl halides is 1. The van der Waals surface area contributed by atoms with E-state index in [9.17, 15) is 9.90 Å². The summed E-state index contributed by atoms with van der Waals surface area (Å²) in [7, 11) is 0. The van der Waals surface area contributed by atoms with E-state index in [0.717, 1.165) is 5.56 Å². The van der Waals surface area contributed by atoms with Gasteiger partial charge in [-0.2, -0.15) is 0 Å². The van der Waals surface area contributed by atoms with Crippen LogP contribution in [0.15, 0.2) is 79.9 Å². The lowest BCUT2D eigenvalue weighted by atomic mass is 9.69. The topological polar surface area (TPSA) is 99.6 Å². The van der Waals surface area contributed by atoms with Crippen molar-refractivity contribution in [3.05, 3.63) is 85.5 Å². The lowest BCUT2D eigenvalue weighted by Crippen LogP contribution is -2.63. The second-order valence-corrected chi connectivity index (χ2v) is 17.1. The zero-order valence-electron chi connectivity index (χ0n) is 30.9. The molecule has 1 spiro atoms. The first kappa shape index (κ1) is 38.8. The van der Waals surface area contributed by atoms with Crippen LogP contribution in [0, 0.1) is 17.3 Å². The van der Waals surface area contributed by atoms with Gasteiger partial charge < -0.3 is 29.3 Å². The number of hydrogen-bond donors (Lipinski definition) is 1. The Hall–Kier alpha value is -3.47. The number of rotatable bonds is 15. The number of carbonyl (C=O) groups excluding carboxylic acids is 3. The normalized spacial score (nSPS) is 26.1. The van der Waals surface area contributed by atoms with Crippen molar-refractivity contribution >= 4 is 39.3 Å². The molecule has 276 valence electrons. The summed E-state index contributed by atoms with van der Waals surface area (Å²) in [6, 6.07) is 15.1. The van der Waals surface area contributed by atoms with Gasteiger partial charge in [0.25, 0.3) is 0 Å². The average molecular weight is 765 g/mol. The Labute approximate surface area is 311 Å². The van der Waals surface area contributed by atoms with Gasteiger partial charge in [-0.3, -0.25) is 14.4 Å². The van der Waals surface area contributed by atoms with E-state index in [1.54, 1.807) is 22.0 Å². The standard InChI is InChI=1S/C41H54BrN3O6/c1-9-21-43(28-17-19-30(20-18-28)50-11-3)36(47)32-33-37(48)45(29(25-46)23-27-15-13-12-14-16-27)35(41(33)24-31(42)34(32)51-41)38(49)44(22-10-2)40(7,8)26-39(4,5)6/h9-10,12-20,29,31-35,46H,1-2,11,21-26H2,3-8H3/t29-,31?,32+,33+,34+,35?,41?/m1/s1. The number of aliphatic hydroxyl groups excluding tert-OH is 1. The minimum Gasteiger partial charge on any atom is -0.494 e. The molecule has 10 heteroatoms. The van der Waals surface area contributed by atoms with Crippen LogP contribution in [0.1, 0.15) is 59.9 Å². The predicted molar refractivity (Wildman–Crippen MR) is 204 cm³/mol. The fraction of sp³-hybridized carbons (Fsp3) is 0.537. The van der Waals surface area contributed by atoms with E-state index >= 15 is 9.59 Å². The largest absolute Gasteiger partial charge is 0.494 e. The number of amides is 3.